The summed E-state index contributed by atoms with van der Waals surface area (Å²) < 4.78 is 13.8. The molecule has 1 fully saturated rings. The third-order valence-corrected chi connectivity index (χ3v) is 4.25. The van der Waals surface area contributed by atoms with E-state index in [2.05, 4.69) is 25.7 Å². The standard InChI is InChI=1S/C14H18BrFN2O2/c15-13-9-12(16)2-1-11(13)10-18-7-5-17(6-8-18)4-3-14(19)20/h1-2,9H,3-8,10H2,(H,19,20). The van der Waals surface area contributed by atoms with E-state index in [-0.39, 0.29) is 12.2 Å². The van der Waals surface area contributed by atoms with Gasteiger partial charge in [-0.3, -0.25) is 9.69 Å². The van der Waals surface area contributed by atoms with Crippen molar-refractivity contribution < 1.29 is 14.3 Å². The number of halogens is 2. The largest absolute Gasteiger partial charge is 0.481 e. The number of benzene rings is 1. The minimum atomic E-state index is -0.748. The lowest BCUT2D eigenvalue weighted by atomic mass is 10.2. The Morgan fingerprint density at radius 2 is 1.90 bits per heavy atom. The first-order valence-corrected chi connectivity index (χ1v) is 7.44. The average Bonchev–Trinajstić information content (AvgIpc) is 2.41. The monoisotopic (exact) mass is 344 g/mol. The molecule has 4 nitrogen and oxygen atoms in total. The molecule has 20 heavy (non-hydrogen) atoms. The van der Waals surface area contributed by atoms with Crippen LogP contribution in [0.2, 0.25) is 0 Å². The molecule has 1 aliphatic rings. The second-order valence-electron chi connectivity index (χ2n) is 5.00. The maximum atomic E-state index is 13.0. The number of piperazine rings is 1. The second-order valence-corrected chi connectivity index (χ2v) is 5.85. The van der Waals surface area contributed by atoms with Gasteiger partial charge in [0, 0.05) is 43.7 Å². The fourth-order valence-corrected chi connectivity index (χ4v) is 2.79. The molecule has 0 aliphatic carbocycles. The summed E-state index contributed by atoms with van der Waals surface area (Å²) in [6, 6.07) is 4.76. The Morgan fingerprint density at radius 3 is 2.50 bits per heavy atom. The molecule has 110 valence electrons. The molecule has 0 bridgehead atoms. The first-order chi connectivity index (χ1) is 9.54. The molecule has 1 heterocycles. The number of carboxylic acid groups (broad SMARTS) is 1. The molecule has 0 atom stereocenters. The Hall–Kier alpha value is -0.980. The van der Waals surface area contributed by atoms with Gasteiger partial charge in [0.05, 0.1) is 6.42 Å². The van der Waals surface area contributed by atoms with E-state index in [0.717, 1.165) is 42.8 Å². The minimum absolute atomic E-state index is 0.198. The predicted octanol–water partition coefficient (Wildman–Crippen LogP) is 2.18. The molecular formula is C14H18BrFN2O2. The van der Waals surface area contributed by atoms with Crippen LogP contribution in [0.3, 0.4) is 0 Å². The molecule has 1 aromatic rings. The zero-order chi connectivity index (χ0) is 14.5. The second kappa shape index (κ2) is 7.15. The number of hydrogen-bond donors (Lipinski definition) is 1. The summed E-state index contributed by atoms with van der Waals surface area (Å²) in [5.41, 5.74) is 1.07. The van der Waals surface area contributed by atoms with Crippen LogP contribution in [0.1, 0.15) is 12.0 Å². The molecular weight excluding hydrogens is 327 g/mol. The van der Waals surface area contributed by atoms with E-state index in [1.807, 2.05) is 0 Å². The van der Waals surface area contributed by atoms with Crippen LogP contribution in [0, 0.1) is 5.82 Å². The number of carboxylic acids is 1. The highest BCUT2D eigenvalue weighted by Crippen LogP contribution is 2.20. The summed E-state index contributed by atoms with van der Waals surface area (Å²) in [5, 5.41) is 8.67. The smallest absolute Gasteiger partial charge is 0.304 e. The van der Waals surface area contributed by atoms with Gasteiger partial charge in [0.25, 0.3) is 0 Å². The maximum absolute atomic E-state index is 13.0. The van der Waals surface area contributed by atoms with Crippen LogP contribution in [0.5, 0.6) is 0 Å². The Morgan fingerprint density at radius 1 is 1.25 bits per heavy atom. The van der Waals surface area contributed by atoms with Crippen molar-refractivity contribution in [3.63, 3.8) is 0 Å². The van der Waals surface area contributed by atoms with Gasteiger partial charge in [0.1, 0.15) is 5.82 Å². The molecule has 1 saturated heterocycles. The lowest BCUT2D eigenvalue weighted by Crippen LogP contribution is -2.46. The number of aliphatic carboxylic acids is 1. The van der Waals surface area contributed by atoms with Crippen molar-refractivity contribution in [2.45, 2.75) is 13.0 Å². The Labute approximate surface area is 126 Å². The quantitative estimate of drug-likeness (QED) is 0.889. The lowest BCUT2D eigenvalue weighted by Gasteiger charge is -2.34. The lowest BCUT2D eigenvalue weighted by molar-refractivity contribution is -0.137. The molecule has 0 radical (unpaired) electrons. The van der Waals surface area contributed by atoms with Gasteiger partial charge >= 0.3 is 5.97 Å². The van der Waals surface area contributed by atoms with Gasteiger partial charge in [0.2, 0.25) is 0 Å². The van der Waals surface area contributed by atoms with E-state index >= 15 is 0 Å². The molecule has 0 unspecified atom stereocenters. The van der Waals surface area contributed by atoms with Crippen LogP contribution in [0.25, 0.3) is 0 Å². The van der Waals surface area contributed by atoms with E-state index in [1.54, 1.807) is 6.07 Å². The van der Waals surface area contributed by atoms with Crippen LogP contribution in [-0.2, 0) is 11.3 Å². The first kappa shape index (κ1) is 15.4. The SMILES string of the molecule is O=C(O)CCN1CCN(Cc2ccc(F)cc2Br)CC1. The highest BCUT2D eigenvalue weighted by Gasteiger charge is 2.18. The van der Waals surface area contributed by atoms with Gasteiger partial charge in [-0.25, -0.2) is 4.39 Å². The molecule has 0 aromatic heterocycles. The van der Waals surface area contributed by atoms with E-state index in [4.69, 9.17) is 5.11 Å². The molecule has 2 rings (SSSR count). The summed E-state index contributed by atoms with van der Waals surface area (Å²) in [6.45, 7) is 4.97. The maximum Gasteiger partial charge on any atom is 0.304 e. The highest BCUT2D eigenvalue weighted by atomic mass is 79.9. The predicted molar refractivity (Wildman–Crippen MR) is 78.1 cm³/mol. The zero-order valence-electron chi connectivity index (χ0n) is 11.2. The molecule has 0 saturated carbocycles. The van der Waals surface area contributed by atoms with Crippen LogP contribution in [-0.4, -0.2) is 53.6 Å². The summed E-state index contributed by atoms with van der Waals surface area (Å²) in [5.74, 6) is -0.984. The van der Waals surface area contributed by atoms with Crippen molar-refractivity contribution in [1.29, 1.82) is 0 Å². The van der Waals surface area contributed by atoms with Gasteiger partial charge in [-0.15, -0.1) is 0 Å². The van der Waals surface area contributed by atoms with Crippen molar-refractivity contribution >= 4 is 21.9 Å². The number of nitrogens with zero attached hydrogens (tertiary/aromatic N) is 2. The zero-order valence-corrected chi connectivity index (χ0v) is 12.8. The van der Waals surface area contributed by atoms with Gasteiger partial charge < -0.3 is 10.0 Å². The average molecular weight is 345 g/mol. The van der Waals surface area contributed by atoms with E-state index < -0.39 is 5.97 Å². The highest BCUT2D eigenvalue weighted by molar-refractivity contribution is 9.10. The van der Waals surface area contributed by atoms with Crippen LogP contribution < -0.4 is 0 Å². The van der Waals surface area contributed by atoms with Gasteiger partial charge in [-0.2, -0.15) is 0 Å². The molecule has 1 aliphatic heterocycles. The normalized spacial score (nSPS) is 17.3. The van der Waals surface area contributed by atoms with Crippen molar-refractivity contribution in [1.82, 2.24) is 9.80 Å². The fraction of sp³-hybridized carbons (Fsp3) is 0.500. The molecule has 1 aromatic carbocycles. The number of hydrogen-bond acceptors (Lipinski definition) is 3. The number of rotatable bonds is 5. The van der Waals surface area contributed by atoms with E-state index in [9.17, 15) is 9.18 Å². The van der Waals surface area contributed by atoms with Crippen LogP contribution >= 0.6 is 15.9 Å². The third-order valence-electron chi connectivity index (χ3n) is 3.52. The van der Waals surface area contributed by atoms with Gasteiger partial charge in [0.15, 0.2) is 0 Å². The van der Waals surface area contributed by atoms with Crippen LogP contribution in [0.15, 0.2) is 22.7 Å². The molecule has 0 amide bonds. The van der Waals surface area contributed by atoms with Crippen molar-refractivity contribution in [2.24, 2.45) is 0 Å². The molecule has 1 N–H and O–H groups in total. The van der Waals surface area contributed by atoms with Gasteiger partial charge in [-0.05, 0) is 17.7 Å². The van der Waals surface area contributed by atoms with E-state index in [1.165, 1.54) is 12.1 Å². The molecule has 6 heteroatoms. The van der Waals surface area contributed by atoms with Crippen molar-refractivity contribution in [3.8, 4) is 0 Å². The summed E-state index contributed by atoms with van der Waals surface area (Å²) in [7, 11) is 0. The minimum Gasteiger partial charge on any atom is -0.481 e. The van der Waals surface area contributed by atoms with Crippen molar-refractivity contribution in [2.75, 3.05) is 32.7 Å². The summed E-state index contributed by atoms with van der Waals surface area (Å²) >= 11 is 3.38. The Balaban J connectivity index is 1.80. The van der Waals surface area contributed by atoms with Gasteiger partial charge in [-0.1, -0.05) is 22.0 Å². The summed E-state index contributed by atoms with van der Waals surface area (Å²) in [6.07, 6.45) is 0.198. The Kier molecular flexibility index (Phi) is 5.51. The third kappa shape index (κ3) is 4.54. The molecule has 0 spiro atoms. The van der Waals surface area contributed by atoms with E-state index in [0.29, 0.717) is 6.54 Å². The first-order valence-electron chi connectivity index (χ1n) is 6.65. The summed E-state index contributed by atoms with van der Waals surface area (Å²) in [4.78, 5) is 15.0. The van der Waals surface area contributed by atoms with Crippen molar-refractivity contribution in [3.05, 3.63) is 34.1 Å². The van der Waals surface area contributed by atoms with Crippen LogP contribution in [0.4, 0.5) is 4.39 Å². The Bertz CT molecular complexity index is 476. The topological polar surface area (TPSA) is 43.8 Å². The fourth-order valence-electron chi connectivity index (χ4n) is 2.32. The number of carbonyl (C=O) groups is 1.